The van der Waals surface area contributed by atoms with Crippen LogP contribution in [0, 0.1) is 5.92 Å². The first kappa shape index (κ1) is 18.6. The second-order valence-corrected chi connectivity index (χ2v) is 6.73. The smallest absolute Gasteiger partial charge is 0.323 e. The number of carboxylic acid groups (broad SMARTS) is 1. The maximum absolute atomic E-state index is 12.2. The largest absolute Gasteiger partial charge is 0.481 e. The fraction of sp³-hybridized carbons (Fsp3) is 0.800. The third kappa shape index (κ3) is 5.38. The Labute approximate surface area is 131 Å². The van der Waals surface area contributed by atoms with Gasteiger partial charge < -0.3 is 19.6 Å². The average Bonchev–Trinajstić information content (AvgIpc) is 2.89. The first-order valence-corrected chi connectivity index (χ1v) is 7.65. The highest BCUT2D eigenvalue weighted by Crippen LogP contribution is 2.18. The standard InChI is InChI=1S/C15H26N2O5/c1-5-11(18)13(14(19)20)12(9-17(2,3)4)22-15(21)10-7-6-8-16-10/h10,12-13,16H,5-9H2,1-4H3/p+1/t10-,12?,13?/m0/s1. The van der Waals surface area contributed by atoms with Gasteiger partial charge in [0.25, 0.3) is 0 Å². The number of hydrogen-bond acceptors (Lipinski definition) is 5. The zero-order valence-corrected chi connectivity index (χ0v) is 13.8. The van der Waals surface area contributed by atoms with Crippen molar-refractivity contribution < 1.29 is 28.7 Å². The van der Waals surface area contributed by atoms with Gasteiger partial charge in [0.2, 0.25) is 0 Å². The van der Waals surface area contributed by atoms with Crippen molar-refractivity contribution in [1.82, 2.24) is 5.32 Å². The van der Waals surface area contributed by atoms with Crippen LogP contribution in [-0.2, 0) is 19.1 Å². The van der Waals surface area contributed by atoms with Crippen molar-refractivity contribution in [3.63, 3.8) is 0 Å². The molecule has 0 radical (unpaired) electrons. The molecule has 2 N–H and O–H groups in total. The highest BCUT2D eigenvalue weighted by Gasteiger charge is 2.41. The van der Waals surface area contributed by atoms with Gasteiger partial charge in [-0.3, -0.25) is 14.4 Å². The van der Waals surface area contributed by atoms with E-state index in [-0.39, 0.29) is 13.0 Å². The minimum absolute atomic E-state index is 0.101. The summed E-state index contributed by atoms with van der Waals surface area (Å²) < 4.78 is 5.84. The number of likely N-dealkylation sites (N-methyl/N-ethyl adjacent to an activating group) is 1. The van der Waals surface area contributed by atoms with E-state index in [0.29, 0.717) is 10.9 Å². The molecule has 0 amide bonds. The number of rotatable bonds is 8. The van der Waals surface area contributed by atoms with Crippen molar-refractivity contribution in [3.05, 3.63) is 0 Å². The molecule has 2 unspecified atom stereocenters. The fourth-order valence-electron chi connectivity index (χ4n) is 2.59. The number of aliphatic carboxylic acids is 1. The number of Topliss-reactive ketones (excluding diaryl/α,β-unsaturated/α-hetero) is 1. The quantitative estimate of drug-likeness (QED) is 0.373. The molecule has 3 atom stereocenters. The molecule has 1 fully saturated rings. The lowest BCUT2D eigenvalue weighted by Gasteiger charge is -2.31. The minimum atomic E-state index is -1.31. The van der Waals surface area contributed by atoms with Crippen LogP contribution in [0.25, 0.3) is 0 Å². The Hall–Kier alpha value is -1.47. The van der Waals surface area contributed by atoms with Gasteiger partial charge in [-0.1, -0.05) is 6.92 Å². The van der Waals surface area contributed by atoms with Crippen LogP contribution < -0.4 is 5.32 Å². The molecule has 0 aromatic rings. The van der Waals surface area contributed by atoms with E-state index < -0.39 is 35.8 Å². The molecule has 0 saturated carbocycles. The van der Waals surface area contributed by atoms with Crippen LogP contribution in [0.2, 0.25) is 0 Å². The molecule has 1 aliphatic heterocycles. The Morgan fingerprint density at radius 2 is 1.95 bits per heavy atom. The number of ketones is 1. The number of esters is 1. The van der Waals surface area contributed by atoms with E-state index >= 15 is 0 Å². The maximum atomic E-state index is 12.2. The Balaban J connectivity index is 2.92. The summed E-state index contributed by atoms with van der Waals surface area (Å²) in [6, 6.07) is -0.402. The summed E-state index contributed by atoms with van der Waals surface area (Å²) in [4.78, 5) is 35.7. The third-order valence-electron chi connectivity index (χ3n) is 3.67. The Kier molecular flexibility index (Phi) is 6.49. The van der Waals surface area contributed by atoms with E-state index in [2.05, 4.69) is 5.32 Å². The van der Waals surface area contributed by atoms with Gasteiger partial charge in [-0.25, -0.2) is 0 Å². The molecular formula is C15H27N2O5+. The molecule has 0 aromatic heterocycles. The summed E-state index contributed by atoms with van der Waals surface area (Å²) in [6.07, 6.45) is 0.703. The first-order valence-electron chi connectivity index (χ1n) is 7.65. The van der Waals surface area contributed by atoms with Crippen molar-refractivity contribution in [1.29, 1.82) is 0 Å². The van der Waals surface area contributed by atoms with E-state index in [9.17, 15) is 19.5 Å². The molecule has 0 aliphatic carbocycles. The van der Waals surface area contributed by atoms with Crippen molar-refractivity contribution >= 4 is 17.7 Å². The van der Waals surface area contributed by atoms with E-state index in [1.54, 1.807) is 6.92 Å². The lowest BCUT2D eigenvalue weighted by Crippen LogP contribution is -2.51. The Bertz CT molecular complexity index is 424. The Morgan fingerprint density at radius 1 is 1.32 bits per heavy atom. The van der Waals surface area contributed by atoms with Gasteiger partial charge in [0.1, 0.15) is 12.6 Å². The number of quaternary nitrogens is 1. The number of carbonyl (C=O) groups is 3. The summed E-state index contributed by atoms with van der Waals surface area (Å²) in [6.45, 7) is 2.62. The van der Waals surface area contributed by atoms with Gasteiger partial charge in [-0.15, -0.1) is 0 Å². The molecule has 0 spiro atoms. The topological polar surface area (TPSA) is 92.7 Å². The summed E-state index contributed by atoms with van der Waals surface area (Å²) in [5.74, 6) is -3.44. The predicted octanol–water partition coefficient (Wildman–Crippen LogP) is 0.0363. The monoisotopic (exact) mass is 315 g/mol. The minimum Gasteiger partial charge on any atom is -0.481 e. The second-order valence-electron chi connectivity index (χ2n) is 6.73. The van der Waals surface area contributed by atoms with Crippen LogP contribution in [0.3, 0.4) is 0 Å². The summed E-state index contributed by atoms with van der Waals surface area (Å²) in [5.41, 5.74) is 0. The molecule has 7 nitrogen and oxygen atoms in total. The average molecular weight is 315 g/mol. The first-order chi connectivity index (χ1) is 10.2. The Morgan fingerprint density at radius 3 is 2.36 bits per heavy atom. The highest BCUT2D eigenvalue weighted by atomic mass is 16.5. The highest BCUT2D eigenvalue weighted by molar-refractivity contribution is 5.99. The molecule has 0 aromatic carbocycles. The van der Waals surface area contributed by atoms with Gasteiger partial charge >= 0.3 is 11.9 Å². The van der Waals surface area contributed by atoms with Crippen LogP contribution in [0.4, 0.5) is 0 Å². The molecule has 0 bridgehead atoms. The van der Waals surface area contributed by atoms with Gasteiger partial charge in [-0.05, 0) is 19.4 Å². The molecule has 1 rings (SSSR count). The van der Waals surface area contributed by atoms with Crippen molar-refractivity contribution in [2.75, 3.05) is 34.2 Å². The molecule has 22 heavy (non-hydrogen) atoms. The number of carbonyl (C=O) groups excluding carboxylic acids is 2. The molecule has 1 aliphatic rings. The number of nitrogens with one attached hydrogen (secondary N) is 1. The van der Waals surface area contributed by atoms with Crippen molar-refractivity contribution in [2.24, 2.45) is 5.92 Å². The second kappa shape index (κ2) is 7.69. The number of ether oxygens (including phenoxy) is 1. The zero-order valence-electron chi connectivity index (χ0n) is 13.8. The van der Waals surface area contributed by atoms with Gasteiger partial charge in [-0.2, -0.15) is 0 Å². The molecule has 7 heteroatoms. The maximum Gasteiger partial charge on any atom is 0.323 e. The predicted molar refractivity (Wildman–Crippen MR) is 80.2 cm³/mol. The SMILES string of the molecule is CCC(=O)C(C(=O)O)C(C[N+](C)(C)C)OC(=O)[C@@H]1CCCN1. The molecular weight excluding hydrogens is 288 g/mol. The molecule has 126 valence electrons. The van der Waals surface area contributed by atoms with E-state index in [1.165, 1.54) is 0 Å². The number of carboxylic acids is 1. The van der Waals surface area contributed by atoms with Gasteiger partial charge in [0.05, 0.1) is 21.1 Å². The summed E-state index contributed by atoms with van der Waals surface area (Å²) in [7, 11) is 5.60. The molecule has 1 heterocycles. The van der Waals surface area contributed by atoms with E-state index in [1.807, 2.05) is 21.1 Å². The lowest BCUT2D eigenvalue weighted by molar-refractivity contribution is -0.873. The van der Waals surface area contributed by atoms with Crippen LogP contribution in [-0.4, -0.2) is 73.7 Å². The van der Waals surface area contributed by atoms with Crippen LogP contribution in [0.15, 0.2) is 0 Å². The molecule has 1 saturated heterocycles. The van der Waals surface area contributed by atoms with Gasteiger partial charge in [0.15, 0.2) is 17.8 Å². The van der Waals surface area contributed by atoms with Crippen molar-refractivity contribution in [3.8, 4) is 0 Å². The van der Waals surface area contributed by atoms with Crippen LogP contribution in [0.5, 0.6) is 0 Å². The number of hydrogen-bond donors (Lipinski definition) is 2. The normalized spacial score (nSPS) is 21.2. The van der Waals surface area contributed by atoms with Crippen molar-refractivity contribution in [2.45, 2.75) is 38.3 Å². The van der Waals surface area contributed by atoms with E-state index in [0.717, 1.165) is 13.0 Å². The van der Waals surface area contributed by atoms with E-state index in [4.69, 9.17) is 4.74 Å². The number of nitrogens with zero attached hydrogens (tertiary/aromatic N) is 1. The van der Waals surface area contributed by atoms with Crippen LogP contribution in [0.1, 0.15) is 26.2 Å². The van der Waals surface area contributed by atoms with Gasteiger partial charge in [0, 0.05) is 6.42 Å². The summed E-state index contributed by atoms with van der Waals surface area (Å²) in [5, 5.41) is 12.4. The fourth-order valence-corrected chi connectivity index (χ4v) is 2.59. The zero-order chi connectivity index (χ0) is 16.9. The third-order valence-corrected chi connectivity index (χ3v) is 3.67. The summed E-state index contributed by atoms with van der Waals surface area (Å²) >= 11 is 0. The lowest BCUT2D eigenvalue weighted by atomic mass is 9.94. The van der Waals surface area contributed by atoms with Crippen LogP contribution >= 0.6 is 0 Å².